The van der Waals surface area contributed by atoms with Crippen molar-refractivity contribution >= 4 is 29.4 Å². The molecule has 1 aliphatic rings. The van der Waals surface area contributed by atoms with E-state index < -0.39 is 30.3 Å². The predicted octanol–water partition coefficient (Wildman–Crippen LogP) is 3.27. The van der Waals surface area contributed by atoms with Gasteiger partial charge >= 0.3 is 5.97 Å². The fourth-order valence-corrected chi connectivity index (χ4v) is 3.97. The Balaban J connectivity index is 1.30. The Morgan fingerprint density at radius 1 is 0.914 bits per heavy atom. The molecule has 1 aliphatic heterocycles. The van der Waals surface area contributed by atoms with E-state index in [-0.39, 0.29) is 13.0 Å². The summed E-state index contributed by atoms with van der Waals surface area (Å²) in [6.07, 6.45) is -0.207. The van der Waals surface area contributed by atoms with Crippen LogP contribution in [0.1, 0.15) is 49.7 Å². The summed E-state index contributed by atoms with van der Waals surface area (Å²) in [5, 5.41) is 7.24. The number of rotatable bonds is 7. The predicted molar refractivity (Wildman–Crippen MR) is 129 cm³/mol. The quantitative estimate of drug-likeness (QED) is 0.416. The molecule has 0 saturated carbocycles. The minimum Gasteiger partial charge on any atom is -0.456 e. The van der Waals surface area contributed by atoms with Crippen LogP contribution in [0.3, 0.4) is 0 Å². The molecular weight excluding hydrogens is 448 g/mol. The zero-order valence-corrected chi connectivity index (χ0v) is 20.0. The van der Waals surface area contributed by atoms with Crippen molar-refractivity contribution in [2.75, 3.05) is 18.5 Å². The summed E-state index contributed by atoms with van der Waals surface area (Å²) in [5.74, 6) is -2.07. The fraction of sp³-hybridized carbons (Fsp3) is 0.269. The topological polar surface area (TPSA) is 111 Å². The van der Waals surface area contributed by atoms with E-state index >= 15 is 0 Å². The van der Waals surface area contributed by atoms with Crippen LogP contribution >= 0.6 is 0 Å². The number of fused-ring (bicyclic) bond motifs is 1. The third-order valence-electron chi connectivity index (χ3n) is 5.86. The Labute approximate surface area is 202 Å². The molecule has 0 bridgehead atoms. The number of esters is 1. The van der Waals surface area contributed by atoms with Crippen LogP contribution in [0.15, 0.2) is 42.5 Å². The summed E-state index contributed by atoms with van der Waals surface area (Å²) in [4.78, 5) is 50.6. The van der Waals surface area contributed by atoms with Crippen molar-refractivity contribution < 1.29 is 23.9 Å². The molecule has 35 heavy (non-hydrogen) atoms. The minimum atomic E-state index is -0.684. The number of aromatic nitrogens is 2. The first kappa shape index (κ1) is 23.9. The van der Waals surface area contributed by atoms with Gasteiger partial charge in [-0.15, -0.1) is 0 Å². The van der Waals surface area contributed by atoms with Crippen molar-refractivity contribution in [2.45, 2.75) is 34.1 Å². The number of nitrogens with one attached hydrogen (secondary N) is 1. The van der Waals surface area contributed by atoms with E-state index in [2.05, 4.69) is 10.4 Å². The van der Waals surface area contributed by atoms with Gasteiger partial charge in [0.05, 0.1) is 40.3 Å². The van der Waals surface area contributed by atoms with Crippen LogP contribution in [0.25, 0.3) is 5.69 Å². The first-order valence-electron chi connectivity index (χ1n) is 11.2. The maximum Gasteiger partial charge on any atom is 0.308 e. The molecular formula is C26H26N4O5. The molecule has 180 valence electrons. The molecule has 0 radical (unpaired) electrons. The zero-order valence-electron chi connectivity index (χ0n) is 20.0. The van der Waals surface area contributed by atoms with Crippen LogP contribution in [0.2, 0.25) is 0 Å². The molecule has 9 nitrogen and oxygen atoms in total. The monoisotopic (exact) mass is 474 g/mol. The number of anilines is 1. The maximum atomic E-state index is 12.5. The van der Waals surface area contributed by atoms with Crippen LogP contribution in [0.5, 0.6) is 0 Å². The molecule has 0 atom stereocenters. The molecule has 3 aromatic rings. The maximum absolute atomic E-state index is 12.5. The highest BCUT2D eigenvalue weighted by atomic mass is 16.5. The van der Waals surface area contributed by atoms with Crippen molar-refractivity contribution in [3.05, 3.63) is 76.1 Å². The molecule has 0 aliphatic carbocycles. The number of benzene rings is 2. The summed E-state index contributed by atoms with van der Waals surface area (Å²) >= 11 is 0. The summed E-state index contributed by atoms with van der Waals surface area (Å²) in [6, 6.07) is 12.9. The number of hydrogen-bond donors (Lipinski definition) is 1. The molecule has 0 unspecified atom stereocenters. The molecule has 0 fully saturated rings. The molecule has 1 N–H and O–H groups in total. The van der Waals surface area contributed by atoms with Crippen molar-refractivity contribution in [1.82, 2.24) is 14.7 Å². The van der Waals surface area contributed by atoms with Crippen molar-refractivity contribution in [1.29, 1.82) is 0 Å². The molecule has 2 aromatic carbocycles. The van der Waals surface area contributed by atoms with Gasteiger partial charge in [-0.1, -0.05) is 29.3 Å². The van der Waals surface area contributed by atoms with Crippen molar-refractivity contribution in [2.24, 2.45) is 0 Å². The number of hydrogen-bond acceptors (Lipinski definition) is 6. The SMILES string of the molecule is Cc1ccc(-n2nc(C)c(NC(=O)COC(=O)CCN3C(=O)c4ccc(C)cc4C3=O)c2C)cc1. The van der Waals surface area contributed by atoms with Gasteiger partial charge in [0.15, 0.2) is 6.61 Å². The van der Waals surface area contributed by atoms with E-state index in [0.717, 1.165) is 27.4 Å². The van der Waals surface area contributed by atoms with Gasteiger partial charge in [0, 0.05) is 6.54 Å². The van der Waals surface area contributed by atoms with Gasteiger partial charge in [-0.25, -0.2) is 4.68 Å². The number of aryl methyl sites for hydroxylation is 3. The number of carbonyl (C=O) groups is 4. The van der Waals surface area contributed by atoms with Crippen molar-refractivity contribution in [3.63, 3.8) is 0 Å². The summed E-state index contributed by atoms with van der Waals surface area (Å²) in [6.45, 7) is 6.84. The van der Waals surface area contributed by atoms with Crippen LogP contribution in [0, 0.1) is 27.7 Å². The lowest BCUT2D eigenvalue weighted by Gasteiger charge is -2.13. The Morgan fingerprint density at radius 2 is 1.57 bits per heavy atom. The Kier molecular flexibility index (Phi) is 6.50. The fourth-order valence-electron chi connectivity index (χ4n) is 3.97. The number of carbonyl (C=O) groups excluding carboxylic acids is 4. The van der Waals surface area contributed by atoms with Gasteiger partial charge in [-0.05, 0) is 52.0 Å². The molecule has 2 heterocycles. The Hall–Kier alpha value is -4.27. The zero-order chi connectivity index (χ0) is 25.3. The summed E-state index contributed by atoms with van der Waals surface area (Å²) in [7, 11) is 0. The summed E-state index contributed by atoms with van der Waals surface area (Å²) < 4.78 is 6.80. The van der Waals surface area contributed by atoms with Gasteiger partial charge in [0.25, 0.3) is 17.7 Å². The van der Waals surface area contributed by atoms with Crippen LogP contribution < -0.4 is 5.32 Å². The van der Waals surface area contributed by atoms with Crippen molar-refractivity contribution in [3.8, 4) is 5.69 Å². The lowest BCUT2D eigenvalue weighted by Crippen LogP contribution is -2.32. The first-order valence-corrected chi connectivity index (χ1v) is 11.2. The average Bonchev–Trinajstić information content (AvgIpc) is 3.23. The van der Waals surface area contributed by atoms with Gasteiger partial charge in [-0.2, -0.15) is 5.10 Å². The van der Waals surface area contributed by atoms with E-state index in [4.69, 9.17) is 4.74 Å². The van der Waals surface area contributed by atoms with Crippen LogP contribution in [-0.4, -0.2) is 51.5 Å². The second kappa shape index (κ2) is 9.54. The smallest absolute Gasteiger partial charge is 0.308 e. The largest absolute Gasteiger partial charge is 0.456 e. The molecule has 1 aromatic heterocycles. The van der Waals surface area contributed by atoms with Crippen LogP contribution in [0.4, 0.5) is 5.69 Å². The first-order chi connectivity index (χ1) is 16.7. The average molecular weight is 475 g/mol. The molecule has 0 saturated heterocycles. The Bertz CT molecular complexity index is 1340. The molecule has 0 spiro atoms. The number of amides is 3. The lowest BCUT2D eigenvalue weighted by molar-refractivity contribution is -0.147. The van der Waals surface area contributed by atoms with Gasteiger partial charge < -0.3 is 10.1 Å². The molecule has 3 amide bonds. The third kappa shape index (κ3) is 4.84. The van der Waals surface area contributed by atoms with E-state index in [1.54, 1.807) is 29.8 Å². The van der Waals surface area contributed by atoms with E-state index in [1.165, 1.54) is 0 Å². The van der Waals surface area contributed by atoms with Gasteiger partial charge in [0.2, 0.25) is 0 Å². The standard InChI is InChI=1S/C26H26N4O5/c1-15-5-8-19(9-6-15)30-18(4)24(17(3)28-30)27-22(31)14-35-23(32)11-12-29-25(33)20-10-7-16(2)13-21(20)26(29)34/h5-10,13H,11-12,14H2,1-4H3,(H,27,31). The highest BCUT2D eigenvalue weighted by Crippen LogP contribution is 2.25. The van der Waals surface area contributed by atoms with E-state index in [1.807, 2.05) is 45.0 Å². The number of imide groups is 1. The second-order valence-corrected chi connectivity index (χ2v) is 8.56. The number of ether oxygens (including phenoxy) is 1. The summed E-state index contributed by atoms with van der Waals surface area (Å²) in [5.41, 5.74) is 5.44. The highest BCUT2D eigenvalue weighted by molar-refractivity contribution is 6.21. The van der Waals surface area contributed by atoms with Crippen LogP contribution in [-0.2, 0) is 14.3 Å². The number of nitrogens with zero attached hydrogens (tertiary/aromatic N) is 3. The Morgan fingerprint density at radius 3 is 2.29 bits per heavy atom. The minimum absolute atomic E-state index is 0.118. The van der Waals surface area contributed by atoms with E-state index in [9.17, 15) is 19.2 Å². The van der Waals surface area contributed by atoms with E-state index in [0.29, 0.717) is 22.5 Å². The third-order valence-corrected chi connectivity index (χ3v) is 5.86. The van der Waals surface area contributed by atoms with Gasteiger partial charge in [-0.3, -0.25) is 24.1 Å². The molecule has 9 heteroatoms. The highest BCUT2D eigenvalue weighted by Gasteiger charge is 2.35. The molecule has 4 rings (SSSR count). The lowest BCUT2D eigenvalue weighted by atomic mass is 10.1. The normalized spacial score (nSPS) is 12.6. The van der Waals surface area contributed by atoms with Gasteiger partial charge in [0.1, 0.15) is 0 Å². The second-order valence-electron chi connectivity index (χ2n) is 8.56.